The molecule has 9 atom stereocenters. The van der Waals surface area contributed by atoms with Crippen molar-refractivity contribution in [1.82, 2.24) is 15.0 Å². The van der Waals surface area contributed by atoms with Gasteiger partial charge in [0, 0.05) is 54.0 Å². The molecule has 2 aliphatic rings. The lowest BCUT2D eigenvalue weighted by atomic mass is 9.97. The van der Waals surface area contributed by atoms with Crippen LogP contribution >= 0.6 is 0 Å². The van der Waals surface area contributed by atoms with E-state index in [0.29, 0.717) is 0 Å². The second-order valence-corrected chi connectivity index (χ2v) is 11.9. The standard InChI is InChI=1S/C32H41N3O19/c1-14(2)30(43)45-11-22-10-35(34-33-22)29-27(50-20(8)41)28(51-21(9)42)32(53-29,13-46-16(4)37)54-31-26(49-19(7)40)25(48-18(6)39)24(47-17(5)38)23(52-31)12-44-15(3)36/h10,23-29,31H,1,11-13H2,2-9H3/t23-,24-,25+,26-,27+,28+,29+,31-,32+/m1/s1. The summed E-state index contributed by atoms with van der Waals surface area (Å²) in [5.74, 6) is -9.72. The molecular weight excluding hydrogens is 730 g/mol. The molecule has 3 rings (SSSR count). The molecule has 22 nitrogen and oxygen atoms in total. The molecule has 0 bridgehead atoms. The van der Waals surface area contributed by atoms with Crippen molar-refractivity contribution in [3.05, 3.63) is 24.0 Å². The molecule has 0 aliphatic carbocycles. The molecule has 2 aliphatic heterocycles. The predicted molar refractivity (Wildman–Crippen MR) is 168 cm³/mol. The van der Waals surface area contributed by atoms with Gasteiger partial charge in [-0.3, -0.25) is 33.6 Å². The Balaban J connectivity index is 2.23. The minimum absolute atomic E-state index is 0.0665. The molecule has 0 radical (unpaired) electrons. The van der Waals surface area contributed by atoms with Crippen LogP contribution in [-0.2, 0) is 97.1 Å². The first-order valence-electron chi connectivity index (χ1n) is 16.1. The Morgan fingerprint density at radius 3 is 1.78 bits per heavy atom. The zero-order chi connectivity index (χ0) is 40.5. The zero-order valence-corrected chi connectivity index (χ0v) is 30.6. The average molecular weight is 772 g/mol. The van der Waals surface area contributed by atoms with E-state index in [4.69, 9.17) is 52.1 Å². The summed E-state index contributed by atoms with van der Waals surface area (Å²) in [6.45, 7) is 10.1. The van der Waals surface area contributed by atoms with Crippen molar-refractivity contribution >= 4 is 47.8 Å². The summed E-state index contributed by atoms with van der Waals surface area (Å²) >= 11 is 0. The van der Waals surface area contributed by atoms with Crippen LogP contribution in [-0.4, -0.2) is 125 Å². The van der Waals surface area contributed by atoms with Gasteiger partial charge >= 0.3 is 47.8 Å². The second kappa shape index (κ2) is 18.5. The van der Waals surface area contributed by atoms with Crippen LogP contribution in [0.5, 0.6) is 0 Å². The average Bonchev–Trinajstić information content (AvgIpc) is 3.62. The van der Waals surface area contributed by atoms with Crippen molar-refractivity contribution in [2.45, 2.75) is 117 Å². The molecule has 2 saturated heterocycles. The van der Waals surface area contributed by atoms with Crippen LogP contribution < -0.4 is 0 Å². The lowest BCUT2D eigenvalue weighted by molar-refractivity contribution is -0.386. The van der Waals surface area contributed by atoms with Gasteiger partial charge in [-0.2, -0.15) is 0 Å². The van der Waals surface area contributed by atoms with E-state index >= 15 is 0 Å². The molecule has 1 aromatic rings. The minimum Gasteiger partial charge on any atom is -0.463 e. The highest BCUT2D eigenvalue weighted by Gasteiger charge is 2.65. The Hall–Kier alpha value is -5.48. The number of carbonyl (C=O) groups is 8. The van der Waals surface area contributed by atoms with Crippen LogP contribution in [0.25, 0.3) is 0 Å². The van der Waals surface area contributed by atoms with Crippen LogP contribution in [0.15, 0.2) is 18.3 Å². The highest BCUT2D eigenvalue weighted by molar-refractivity contribution is 5.86. The molecule has 1 aromatic heterocycles. The highest BCUT2D eigenvalue weighted by atomic mass is 16.8. The normalized spacial score (nSPS) is 27.4. The first kappa shape index (κ1) is 42.9. The third kappa shape index (κ3) is 11.5. The van der Waals surface area contributed by atoms with E-state index in [9.17, 15) is 38.4 Å². The first-order chi connectivity index (χ1) is 25.2. The Bertz CT molecular complexity index is 1630. The molecule has 3 heterocycles. The molecular formula is C32H41N3O19. The van der Waals surface area contributed by atoms with E-state index in [2.05, 4.69) is 16.9 Å². The van der Waals surface area contributed by atoms with Crippen molar-refractivity contribution in [3.63, 3.8) is 0 Å². The largest absolute Gasteiger partial charge is 0.463 e. The highest BCUT2D eigenvalue weighted by Crippen LogP contribution is 2.44. The monoisotopic (exact) mass is 771 g/mol. The molecule has 0 N–H and O–H groups in total. The summed E-state index contributed by atoms with van der Waals surface area (Å²) in [7, 11) is 0. The summed E-state index contributed by atoms with van der Waals surface area (Å²) in [4.78, 5) is 98.1. The fraction of sp³-hybridized carbons (Fsp3) is 0.625. The van der Waals surface area contributed by atoms with E-state index < -0.39 is 116 Å². The van der Waals surface area contributed by atoms with Crippen molar-refractivity contribution in [2.24, 2.45) is 0 Å². The van der Waals surface area contributed by atoms with Gasteiger partial charge in [0.1, 0.15) is 31.6 Å². The summed E-state index contributed by atoms with van der Waals surface area (Å²) in [6.07, 6.45) is -12.5. The topological polar surface area (TPSA) is 269 Å². The lowest BCUT2D eigenvalue weighted by Gasteiger charge is -2.46. The number of nitrogens with zero attached hydrogens (tertiary/aromatic N) is 3. The molecule has 2 fully saturated rings. The Morgan fingerprint density at radius 1 is 0.704 bits per heavy atom. The molecule has 0 aromatic carbocycles. The van der Waals surface area contributed by atoms with Crippen LogP contribution in [0.3, 0.4) is 0 Å². The third-order valence-electron chi connectivity index (χ3n) is 7.19. The summed E-state index contributed by atoms with van der Waals surface area (Å²) in [6, 6.07) is 0. The summed E-state index contributed by atoms with van der Waals surface area (Å²) < 4.78 is 62.6. The van der Waals surface area contributed by atoms with Gasteiger partial charge in [-0.25, -0.2) is 9.48 Å². The number of rotatable bonds is 15. The fourth-order valence-electron chi connectivity index (χ4n) is 5.28. The van der Waals surface area contributed by atoms with Crippen LogP contribution in [0.4, 0.5) is 0 Å². The smallest absolute Gasteiger partial charge is 0.333 e. The van der Waals surface area contributed by atoms with Crippen molar-refractivity contribution in [1.29, 1.82) is 0 Å². The van der Waals surface area contributed by atoms with Crippen molar-refractivity contribution in [3.8, 4) is 0 Å². The van der Waals surface area contributed by atoms with E-state index in [0.717, 1.165) is 53.1 Å². The number of hydrogen-bond acceptors (Lipinski definition) is 21. The predicted octanol–water partition coefficient (Wildman–Crippen LogP) is -0.351. The number of carbonyl (C=O) groups excluding carboxylic acids is 8. The van der Waals surface area contributed by atoms with Gasteiger partial charge in [0.15, 0.2) is 30.6 Å². The van der Waals surface area contributed by atoms with Gasteiger partial charge in [0.2, 0.25) is 18.2 Å². The minimum atomic E-state index is -2.56. The van der Waals surface area contributed by atoms with E-state index in [1.165, 1.54) is 13.1 Å². The van der Waals surface area contributed by atoms with Gasteiger partial charge < -0.3 is 52.1 Å². The number of aromatic nitrogens is 3. The summed E-state index contributed by atoms with van der Waals surface area (Å²) in [5.41, 5.74) is 0.173. The van der Waals surface area contributed by atoms with Gasteiger partial charge in [-0.15, -0.1) is 5.10 Å². The molecule has 0 spiro atoms. The van der Waals surface area contributed by atoms with Crippen LogP contribution in [0.1, 0.15) is 67.3 Å². The number of ether oxygens (including phenoxy) is 11. The van der Waals surface area contributed by atoms with Crippen molar-refractivity contribution in [2.75, 3.05) is 13.2 Å². The van der Waals surface area contributed by atoms with Crippen LogP contribution in [0, 0.1) is 0 Å². The quantitative estimate of drug-likeness (QED) is 0.125. The Morgan fingerprint density at radius 2 is 1.24 bits per heavy atom. The van der Waals surface area contributed by atoms with Gasteiger partial charge in [-0.05, 0) is 6.92 Å². The molecule has 22 heteroatoms. The Labute approximate surface area is 307 Å². The maximum atomic E-state index is 12.6. The molecule has 0 amide bonds. The first-order valence-corrected chi connectivity index (χ1v) is 16.1. The summed E-state index contributed by atoms with van der Waals surface area (Å²) in [5, 5.41) is 7.89. The molecule has 0 unspecified atom stereocenters. The fourth-order valence-corrected chi connectivity index (χ4v) is 5.28. The zero-order valence-electron chi connectivity index (χ0n) is 30.6. The maximum absolute atomic E-state index is 12.6. The van der Waals surface area contributed by atoms with Gasteiger partial charge in [0.05, 0.1) is 6.20 Å². The maximum Gasteiger partial charge on any atom is 0.333 e. The number of esters is 8. The van der Waals surface area contributed by atoms with Gasteiger partial charge in [0.25, 0.3) is 0 Å². The third-order valence-corrected chi connectivity index (χ3v) is 7.19. The van der Waals surface area contributed by atoms with E-state index in [-0.39, 0.29) is 17.9 Å². The lowest BCUT2D eigenvalue weighted by Crippen LogP contribution is -2.65. The van der Waals surface area contributed by atoms with E-state index in [1.54, 1.807) is 0 Å². The van der Waals surface area contributed by atoms with Gasteiger partial charge in [-0.1, -0.05) is 11.8 Å². The van der Waals surface area contributed by atoms with Crippen molar-refractivity contribution < 1.29 is 90.5 Å². The van der Waals surface area contributed by atoms with Crippen LogP contribution in [0.2, 0.25) is 0 Å². The second-order valence-electron chi connectivity index (χ2n) is 11.9. The molecule has 54 heavy (non-hydrogen) atoms. The molecule has 298 valence electrons. The van der Waals surface area contributed by atoms with E-state index in [1.807, 2.05) is 0 Å². The molecule has 0 saturated carbocycles. The number of hydrogen-bond donors (Lipinski definition) is 0. The SMILES string of the molecule is C=C(C)C(=O)OCc1cn([C@H]2O[C@@](COC(C)=O)(O[C@H]3O[C@H](COC(C)=O)[C@@H](OC(C)=O)[C@H](OC(C)=O)[C@H]3OC(C)=O)[C@@H](OC(C)=O)[C@@H]2OC(C)=O)nn1. The Kier molecular flexibility index (Phi) is 14.7.